The van der Waals surface area contributed by atoms with Gasteiger partial charge in [-0.1, -0.05) is 19.1 Å². The Kier molecular flexibility index (Phi) is 14.2. The van der Waals surface area contributed by atoms with Gasteiger partial charge in [-0.05, 0) is 36.3 Å². The van der Waals surface area contributed by atoms with E-state index in [1.807, 2.05) is 12.1 Å². The summed E-state index contributed by atoms with van der Waals surface area (Å²) in [6, 6.07) is 8.18. The molecule has 0 aliphatic heterocycles. The van der Waals surface area contributed by atoms with Crippen molar-refractivity contribution in [3.63, 3.8) is 0 Å². The van der Waals surface area contributed by atoms with Gasteiger partial charge in [0.2, 0.25) is 5.91 Å². The maximum absolute atomic E-state index is 11.7. The van der Waals surface area contributed by atoms with Crippen LogP contribution in [0.2, 0.25) is 0 Å². The molecule has 27 heavy (non-hydrogen) atoms. The predicted molar refractivity (Wildman–Crippen MR) is 127 cm³/mol. The topological polar surface area (TPSA) is 66.0 Å². The maximum Gasteiger partial charge on any atom is 0.243 e. The molecule has 0 radical (unpaired) electrons. The SMILES string of the molecule is COc1ccc(C(C)CCNC(=NCC(=O)N(C)C)NCCSC)cc1.I. The summed E-state index contributed by atoms with van der Waals surface area (Å²) in [7, 11) is 5.15. The smallest absolute Gasteiger partial charge is 0.243 e. The third-order valence-electron chi connectivity index (χ3n) is 4.02. The molecule has 1 rings (SSSR count). The quantitative estimate of drug-likeness (QED) is 0.220. The Morgan fingerprint density at radius 3 is 2.41 bits per heavy atom. The highest BCUT2D eigenvalue weighted by Gasteiger charge is 2.08. The van der Waals surface area contributed by atoms with Crippen LogP contribution in [0.15, 0.2) is 29.3 Å². The van der Waals surface area contributed by atoms with E-state index in [1.54, 1.807) is 37.9 Å². The molecule has 0 aromatic heterocycles. The number of amides is 1. The Hall–Kier alpha value is -1.16. The van der Waals surface area contributed by atoms with Crippen molar-refractivity contribution in [3.8, 4) is 5.75 Å². The van der Waals surface area contributed by atoms with Crippen LogP contribution in [0.1, 0.15) is 24.8 Å². The number of ether oxygens (including phenoxy) is 1. The molecule has 0 aliphatic rings. The molecule has 1 atom stereocenters. The van der Waals surface area contributed by atoms with E-state index in [9.17, 15) is 4.79 Å². The fourth-order valence-corrected chi connectivity index (χ4v) is 2.55. The highest BCUT2D eigenvalue weighted by atomic mass is 127. The van der Waals surface area contributed by atoms with E-state index in [4.69, 9.17) is 4.74 Å². The molecule has 8 heteroatoms. The first-order valence-corrected chi connectivity index (χ1v) is 10.2. The van der Waals surface area contributed by atoms with Gasteiger partial charge in [0, 0.05) is 32.9 Å². The van der Waals surface area contributed by atoms with Gasteiger partial charge >= 0.3 is 0 Å². The molecule has 154 valence electrons. The average Bonchev–Trinajstić information content (AvgIpc) is 2.65. The lowest BCUT2D eigenvalue weighted by molar-refractivity contribution is -0.127. The average molecular weight is 508 g/mol. The number of methoxy groups -OCH3 is 1. The summed E-state index contributed by atoms with van der Waals surface area (Å²) in [6.07, 6.45) is 3.04. The molecule has 2 N–H and O–H groups in total. The zero-order valence-electron chi connectivity index (χ0n) is 16.9. The van der Waals surface area contributed by atoms with Crippen LogP contribution in [-0.4, -0.2) is 69.6 Å². The summed E-state index contributed by atoms with van der Waals surface area (Å²) < 4.78 is 5.20. The molecule has 0 bridgehead atoms. The third kappa shape index (κ3) is 10.7. The number of benzene rings is 1. The summed E-state index contributed by atoms with van der Waals surface area (Å²) in [6.45, 7) is 3.96. The second-order valence-corrected chi connectivity index (χ2v) is 7.25. The van der Waals surface area contributed by atoms with Crippen LogP contribution in [0.3, 0.4) is 0 Å². The van der Waals surface area contributed by atoms with Crippen molar-refractivity contribution in [1.82, 2.24) is 15.5 Å². The number of guanidine groups is 1. The van der Waals surface area contributed by atoms with Gasteiger partial charge < -0.3 is 20.3 Å². The molecule has 1 unspecified atom stereocenters. The van der Waals surface area contributed by atoms with Crippen molar-refractivity contribution in [3.05, 3.63) is 29.8 Å². The summed E-state index contributed by atoms with van der Waals surface area (Å²) in [5.41, 5.74) is 1.28. The molecule has 1 amide bonds. The third-order valence-corrected chi connectivity index (χ3v) is 4.64. The number of rotatable bonds is 10. The highest BCUT2D eigenvalue weighted by molar-refractivity contribution is 14.0. The number of thioether (sulfide) groups is 1. The van der Waals surface area contributed by atoms with Crippen molar-refractivity contribution in [2.75, 3.05) is 52.8 Å². The van der Waals surface area contributed by atoms with Gasteiger partial charge in [-0.25, -0.2) is 4.99 Å². The predicted octanol–water partition coefficient (Wildman–Crippen LogP) is 2.79. The summed E-state index contributed by atoms with van der Waals surface area (Å²) >= 11 is 1.77. The van der Waals surface area contributed by atoms with Gasteiger partial charge in [0.15, 0.2) is 5.96 Å². The monoisotopic (exact) mass is 508 g/mol. The molecular weight excluding hydrogens is 475 g/mol. The van der Waals surface area contributed by atoms with Crippen LogP contribution >= 0.6 is 35.7 Å². The number of aliphatic imine (C=N–C) groups is 1. The fraction of sp³-hybridized carbons (Fsp3) is 0.579. The minimum Gasteiger partial charge on any atom is -0.497 e. The van der Waals surface area contributed by atoms with Crippen LogP contribution in [0.25, 0.3) is 0 Å². The van der Waals surface area contributed by atoms with Crippen molar-refractivity contribution >= 4 is 47.6 Å². The number of nitrogens with one attached hydrogen (secondary N) is 2. The first-order chi connectivity index (χ1) is 12.5. The molecule has 0 spiro atoms. The fourth-order valence-electron chi connectivity index (χ4n) is 2.24. The number of carbonyl (C=O) groups is 1. The Balaban J connectivity index is 0.00000676. The maximum atomic E-state index is 11.7. The summed E-state index contributed by atoms with van der Waals surface area (Å²) in [4.78, 5) is 17.7. The summed E-state index contributed by atoms with van der Waals surface area (Å²) in [5.74, 6) is 2.96. The highest BCUT2D eigenvalue weighted by Crippen LogP contribution is 2.21. The number of likely N-dealkylation sites (N-methyl/N-ethyl adjacent to an activating group) is 1. The molecule has 1 aromatic carbocycles. The van der Waals surface area contributed by atoms with E-state index in [0.717, 1.165) is 31.0 Å². The normalized spacial score (nSPS) is 12.0. The number of halogens is 1. The molecule has 1 aromatic rings. The molecule has 0 saturated heterocycles. The van der Waals surface area contributed by atoms with Crippen LogP contribution in [0, 0.1) is 0 Å². The Labute approximate surface area is 184 Å². The minimum absolute atomic E-state index is 0. The van der Waals surface area contributed by atoms with E-state index < -0.39 is 0 Å². The molecule has 6 nitrogen and oxygen atoms in total. The molecular formula is C19H33IN4O2S. The molecule has 0 saturated carbocycles. The lowest BCUT2D eigenvalue weighted by atomic mass is 9.98. The molecule has 0 fully saturated rings. The second kappa shape index (κ2) is 14.8. The van der Waals surface area contributed by atoms with E-state index >= 15 is 0 Å². The van der Waals surface area contributed by atoms with E-state index in [1.165, 1.54) is 5.56 Å². The number of carbonyl (C=O) groups excluding carboxylic acids is 1. The first kappa shape index (κ1) is 25.8. The summed E-state index contributed by atoms with van der Waals surface area (Å²) in [5, 5.41) is 6.60. The molecule has 0 heterocycles. The van der Waals surface area contributed by atoms with E-state index in [0.29, 0.717) is 11.9 Å². The lowest BCUT2D eigenvalue weighted by Gasteiger charge is -2.16. The van der Waals surface area contributed by atoms with E-state index in [-0.39, 0.29) is 36.4 Å². The Morgan fingerprint density at radius 1 is 1.22 bits per heavy atom. The number of hydrogen-bond donors (Lipinski definition) is 2. The van der Waals surface area contributed by atoms with Gasteiger partial charge in [-0.3, -0.25) is 4.79 Å². The van der Waals surface area contributed by atoms with E-state index in [2.05, 4.69) is 40.9 Å². The van der Waals surface area contributed by atoms with Crippen molar-refractivity contribution in [2.45, 2.75) is 19.3 Å². The standard InChI is InChI=1S/C19H32N4O2S.HI/c1-15(16-6-8-17(25-4)9-7-16)10-11-20-19(21-12-13-26-5)22-14-18(24)23(2)3;/h6-9,15H,10-14H2,1-5H3,(H2,20,21,22);1H. The minimum atomic E-state index is -0.0115. The van der Waals surface area contributed by atoms with Crippen molar-refractivity contribution < 1.29 is 9.53 Å². The van der Waals surface area contributed by atoms with Gasteiger partial charge in [0.1, 0.15) is 12.3 Å². The second-order valence-electron chi connectivity index (χ2n) is 6.26. The molecule has 0 aliphatic carbocycles. The lowest BCUT2D eigenvalue weighted by Crippen LogP contribution is -2.40. The van der Waals surface area contributed by atoms with Gasteiger partial charge in [-0.2, -0.15) is 11.8 Å². The van der Waals surface area contributed by atoms with Crippen LogP contribution in [0.5, 0.6) is 5.75 Å². The van der Waals surface area contributed by atoms with Crippen LogP contribution in [0.4, 0.5) is 0 Å². The van der Waals surface area contributed by atoms with Crippen LogP contribution < -0.4 is 15.4 Å². The van der Waals surface area contributed by atoms with Crippen molar-refractivity contribution in [2.24, 2.45) is 4.99 Å². The first-order valence-electron chi connectivity index (χ1n) is 8.83. The number of nitrogens with zero attached hydrogens (tertiary/aromatic N) is 2. The van der Waals surface area contributed by atoms with Crippen LogP contribution in [-0.2, 0) is 4.79 Å². The van der Waals surface area contributed by atoms with Gasteiger partial charge in [0.05, 0.1) is 7.11 Å². The zero-order valence-corrected chi connectivity index (χ0v) is 20.1. The largest absolute Gasteiger partial charge is 0.497 e. The van der Waals surface area contributed by atoms with Gasteiger partial charge in [-0.15, -0.1) is 24.0 Å². The van der Waals surface area contributed by atoms with Crippen molar-refractivity contribution in [1.29, 1.82) is 0 Å². The van der Waals surface area contributed by atoms with Gasteiger partial charge in [0.25, 0.3) is 0 Å². The Bertz CT molecular complexity index is 567. The Morgan fingerprint density at radius 2 is 1.85 bits per heavy atom. The number of hydrogen-bond acceptors (Lipinski definition) is 4. The zero-order chi connectivity index (χ0) is 19.4.